The molecule has 0 spiro atoms. The van der Waals surface area contributed by atoms with Gasteiger partial charge in [0.2, 0.25) is 5.88 Å². The zero-order valence-corrected chi connectivity index (χ0v) is 18.0. The van der Waals surface area contributed by atoms with Gasteiger partial charge in [-0.15, -0.1) is 0 Å². The zero-order chi connectivity index (χ0) is 22.8. The lowest BCUT2D eigenvalue weighted by Gasteiger charge is -2.28. The molecule has 2 N–H and O–H groups in total. The van der Waals surface area contributed by atoms with E-state index < -0.39 is 5.92 Å². The molecule has 0 saturated heterocycles. The number of pyridine rings is 2. The standard InChI is InChI=1S/C24H22N4O4/c1-14-10-20-22(24(29)28(14)13-15-6-4-5-9-27-15)21(18(12-25)23(26)32-20)17-8-7-16(30-2)11-19(17)31-3/h4-11,21H,13,26H2,1-3H3. The van der Waals surface area contributed by atoms with Gasteiger partial charge >= 0.3 is 0 Å². The number of hydrogen-bond acceptors (Lipinski definition) is 7. The Bertz CT molecular complexity index is 1310. The number of hydrogen-bond donors (Lipinski definition) is 1. The van der Waals surface area contributed by atoms with E-state index in [9.17, 15) is 10.1 Å². The van der Waals surface area contributed by atoms with E-state index >= 15 is 0 Å². The fraction of sp³-hybridized carbons (Fsp3) is 0.208. The summed E-state index contributed by atoms with van der Waals surface area (Å²) in [5.41, 5.74) is 8.31. The molecule has 0 bridgehead atoms. The molecule has 0 amide bonds. The molecule has 8 nitrogen and oxygen atoms in total. The number of nitrogens with zero attached hydrogens (tertiary/aromatic N) is 3. The second-order valence-corrected chi connectivity index (χ2v) is 7.31. The summed E-state index contributed by atoms with van der Waals surface area (Å²) in [6.45, 7) is 2.10. The molecule has 8 heteroatoms. The fourth-order valence-corrected chi connectivity index (χ4v) is 3.90. The van der Waals surface area contributed by atoms with Crippen LogP contribution in [0.15, 0.2) is 64.9 Å². The first-order chi connectivity index (χ1) is 15.5. The summed E-state index contributed by atoms with van der Waals surface area (Å²) in [6, 6.07) is 14.6. The molecule has 1 unspecified atom stereocenters. The summed E-state index contributed by atoms with van der Waals surface area (Å²) in [7, 11) is 3.07. The average molecular weight is 430 g/mol. The Morgan fingerprint density at radius 3 is 2.69 bits per heavy atom. The van der Waals surface area contributed by atoms with Crippen LogP contribution < -0.4 is 25.5 Å². The molecule has 162 valence electrons. The molecule has 1 aliphatic heterocycles. The number of benzene rings is 1. The third kappa shape index (κ3) is 3.54. The van der Waals surface area contributed by atoms with Crippen molar-refractivity contribution in [3.8, 4) is 23.3 Å². The minimum Gasteiger partial charge on any atom is -0.497 e. The van der Waals surface area contributed by atoms with Gasteiger partial charge < -0.3 is 24.5 Å². The molecule has 3 aromatic rings. The van der Waals surface area contributed by atoms with Gasteiger partial charge in [0.15, 0.2) is 0 Å². The maximum atomic E-state index is 13.7. The molecule has 0 aliphatic carbocycles. The van der Waals surface area contributed by atoms with Crippen LogP contribution in [-0.2, 0) is 6.54 Å². The predicted octanol–water partition coefficient (Wildman–Crippen LogP) is 2.84. The van der Waals surface area contributed by atoms with Gasteiger partial charge in [-0.25, -0.2) is 0 Å². The Morgan fingerprint density at radius 2 is 2.03 bits per heavy atom. The van der Waals surface area contributed by atoms with Crippen LogP contribution in [0, 0.1) is 18.3 Å². The van der Waals surface area contributed by atoms with Gasteiger partial charge in [0.1, 0.15) is 28.9 Å². The molecule has 1 aliphatic rings. The molecule has 1 atom stereocenters. The summed E-state index contributed by atoms with van der Waals surface area (Å²) < 4.78 is 18.2. The molecule has 3 heterocycles. The number of allylic oxidation sites excluding steroid dienone is 1. The van der Waals surface area contributed by atoms with Crippen molar-refractivity contribution in [2.24, 2.45) is 5.73 Å². The van der Waals surface area contributed by atoms with Gasteiger partial charge in [-0.1, -0.05) is 12.1 Å². The third-order valence-electron chi connectivity index (χ3n) is 5.49. The Morgan fingerprint density at radius 1 is 1.22 bits per heavy atom. The first-order valence-corrected chi connectivity index (χ1v) is 9.92. The second-order valence-electron chi connectivity index (χ2n) is 7.31. The number of nitrogens with two attached hydrogens (primary N) is 1. The summed E-state index contributed by atoms with van der Waals surface area (Å²) in [6.07, 6.45) is 1.68. The van der Waals surface area contributed by atoms with E-state index in [2.05, 4.69) is 11.1 Å². The normalized spacial score (nSPS) is 14.9. The first-order valence-electron chi connectivity index (χ1n) is 9.92. The molecular weight excluding hydrogens is 408 g/mol. The number of ether oxygens (including phenoxy) is 3. The molecule has 32 heavy (non-hydrogen) atoms. The monoisotopic (exact) mass is 430 g/mol. The number of methoxy groups -OCH3 is 2. The van der Waals surface area contributed by atoms with Crippen LogP contribution in [0.2, 0.25) is 0 Å². The van der Waals surface area contributed by atoms with Gasteiger partial charge in [-0.05, 0) is 25.1 Å². The van der Waals surface area contributed by atoms with Gasteiger partial charge in [-0.2, -0.15) is 5.26 Å². The van der Waals surface area contributed by atoms with Gasteiger partial charge in [0.05, 0.1) is 37.9 Å². The summed E-state index contributed by atoms with van der Waals surface area (Å²) in [4.78, 5) is 18.1. The van der Waals surface area contributed by atoms with E-state index in [0.29, 0.717) is 34.1 Å². The molecular formula is C24H22N4O4. The Labute approximate surface area is 185 Å². The van der Waals surface area contributed by atoms with Crippen molar-refractivity contribution in [2.45, 2.75) is 19.4 Å². The van der Waals surface area contributed by atoms with Crippen LogP contribution in [0.25, 0.3) is 0 Å². The number of aryl methyl sites for hydroxylation is 1. The molecule has 0 radical (unpaired) electrons. The summed E-state index contributed by atoms with van der Waals surface area (Å²) in [5.74, 6) is 0.588. The number of fused-ring (bicyclic) bond motifs is 1. The van der Waals surface area contributed by atoms with Crippen molar-refractivity contribution in [2.75, 3.05) is 14.2 Å². The van der Waals surface area contributed by atoms with E-state index in [1.54, 1.807) is 42.1 Å². The van der Waals surface area contributed by atoms with E-state index in [1.165, 1.54) is 7.11 Å². The van der Waals surface area contributed by atoms with Crippen molar-refractivity contribution in [1.82, 2.24) is 9.55 Å². The number of rotatable bonds is 5. The highest BCUT2D eigenvalue weighted by molar-refractivity contribution is 5.59. The molecule has 1 aromatic carbocycles. The van der Waals surface area contributed by atoms with Crippen LogP contribution in [0.5, 0.6) is 17.2 Å². The lowest BCUT2D eigenvalue weighted by atomic mass is 9.83. The zero-order valence-electron chi connectivity index (χ0n) is 18.0. The van der Waals surface area contributed by atoms with Crippen LogP contribution >= 0.6 is 0 Å². The van der Waals surface area contributed by atoms with Crippen LogP contribution in [0.1, 0.15) is 28.4 Å². The van der Waals surface area contributed by atoms with Gasteiger partial charge in [0.25, 0.3) is 5.56 Å². The topological polar surface area (TPSA) is 112 Å². The van der Waals surface area contributed by atoms with Crippen molar-refractivity contribution in [1.29, 1.82) is 5.26 Å². The third-order valence-corrected chi connectivity index (χ3v) is 5.49. The van der Waals surface area contributed by atoms with Crippen LogP contribution in [0.4, 0.5) is 0 Å². The van der Waals surface area contributed by atoms with Crippen molar-refractivity contribution in [3.05, 3.63) is 93.0 Å². The highest BCUT2D eigenvalue weighted by Gasteiger charge is 2.36. The van der Waals surface area contributed by atoms with E-state index in [1.807, 2.05) is 25.1 Å². The maximum absolute atomic E-state index is 13.7. The molecule has 0 saturated carbocycles. The van der Waals surface area contributed by atoms with Crippen LogP contribution in [0.3, 0.4) is 0 Å². The van der Waals surface area contributed by atoms with Gasteiger partial charge in [-0.3, -0.25) is 9.78 Å². The smallest absolute Gasteiger partial charge is 0.259 e. The molecule has 2 aromatic heterocycles. The summed E-state index contributed by atoms with van der Waals surface area (Å²) in [5, 5.41) is 9.88. The van der Waals surface area contributed by atoms with Crippen LogP contribution in [-0.4, -0.2) is 23.8 Å². The largest absolute Gasteiger partial charge is 0.497 e. The number of nitriles is 1. The summed E-state index contributed by atoms with van der Waals surface area (Å²) >= 11 is 0. The van der Waals surface area contributed by atoms with Gasteiger partial charge in [0, 0.05) is 29.6 Å². The number of aromatic nitrogens is 2. The minimum atomic E-state index is -0.757. The minimum absolute atomic E-state index is 0.0378. The first kappa shape index (κ1) is 21.0. The average Bonchev–Trinajstić information content (AvgIpc) is 2.81. The highest BCUT2D eigenvalue weighted by atomic mass is 16.5. The maximum Gasteiger partial charge on any atom is 0.259 e. The second kappa shape index (κ2) is 8.47. The lowest BCUT2D eigenvalue weighted by Crippen LogP contribution is -2.33. The Kier molecular flexibility index (Phi) is 5.56. The van der Waals surface area contributed by atoms with E-state index in [4.69, 9.17) is 19.9 Å². The predicted molar refractivity (Wildman–Crippen MR) is 118 cm³/mol. The fourth-order valence-electron chi connectivity index (χ4n) is 3.90. The van der Waals surface area contributed by atoms with Crippen molar-refractivity contribution < 1.29 is 14.2 Å². The lowest BCUT2D eigenvalue weighted by molar-refractivity contribution is 0.378. The Hall–Kier alpha value is -4.25. The van der Waals surface area contributed by atoms with E-state index in [-0.39, 0.29) is 23.6 Å². The highest BCUT2D eigenvalue weighted by Crippen LogP contribution is 2.44. The molecule has 4 rings (SSSR count). The Balaban J connectivity index is 1.96. The van der Waals surface area contributed by atoms with Crippen molar-refractivity contribution in [3.63, 3.8) is 0 Å². The van der Waals surface area contributed by atoms with E-state index in [0.717, 1.165) is 5.69 Å². The quantitative estimate of drug-likeness (QED) is 0.662. The molecule has 0 fully saturated rings. The van der Waals surface area contributed by atoms with Crippen molar-refractivity contribution >= 4 is 0 Å². The SMILES string of the molecule is COc1ccc(C2C(C#N)=C(N)Oc3cc(C)n(Cc4ccccn4)c(=O)c32)c(OC)c1.